The minimum atomic E-state index is 0.512. The van der Waals surface area contributed by atoms with Gasteiger partial charge >= 0.3 is 0 Å². The van der Waals surface area contributed by atoms with Crippen LogP contribution in [0.25, 0.3) is 11.3 Å². The highest BCUT2D eigenvalue weighted by molar-refractivity contribution is 5.62. The van der Waals surface area contributed by atoms with Crippen LogP contribution in [0.1, 0.15) is 17.9 Å². The van der Waals surface area contributed by atoms with Crippen molar-refractivity contribution in [2.45, 2.75) is 25.9 Å². The van der Waals surface area contributed by atoms with Crippen molar-refractivity contribution < 1.29 is 0 Å². The molecule has 2 aromatic rings. The van der Waals surface area contributed by atoms with E-state index >= 15 is 0 Å². The van der Waals surface area contributed by atoms with E-state index in [2.05, 4.69) is 14.5 Å². The third kappa shape index (κ3) is 1.34. The third-order valence-electron chi connectivity index (χ3n) is 3.08. The molecule has 0 atom stereocenters. The van der Waals surface area contributed by atoms with Crippen molar-refractivity contribution in [2.75, 3.05) is 0 Å². The van der Waals surface area contributed by atoms with E-state index in [1.807, 2.05) is 12.1 Å². The number of rotatable bonds is 2. The maximum atomic E-state index is 5.72. The Morgan fingerprint density at radius 2 is 2.12 bits per heavy atom. The predicted octanol–water partition coefficient (Wildman–Crippen LogP) is 1.35. The number of hydrogen-bond acceptors (Lipinski definition) is 3. The van der Waals surface area contributed by atoms with E-state index in [0.717, 1.165) is 30.0 Å². The van der Waals surface area contributed by atoms with Crippen LogP contribution in [0.3, 0.4) is 0 Å². The van der Waals surface area contributed by atoms with Gasteiger partial charge in [-0.3, -0.25) is 4.98 Å². The van der Waals surface area contributed by atoms with Gasteiger partial charge in [0.25, 0.3) is 0 Å². The second-order valence-corrected chi connectivity index (χ2v) is 4.02. The normalized spacial score (nSPS) is 14.1. The van der Waals surface area contributed by atoms with Gasteiger partial charge in [0.2, 0.25) is 0 Å². The zero-order valence-corrected chi connectivity index (χ0v) is 9.06. The molecule has 0 aliphatic carbocycles. The molecule has 4 nitrogen and oxygen atoms in total. The highest BCUT2D eigenvalue weighted by Gasteiger charge is 2.21. The summed E-state index contributed by atoms with van der Waals surface area (Å²) in [6.07, 6.45) is 5.91. The van der Waals surface area contributed by atoms with Crippen molar-refractivity contribution >= 4 is 0 Å². The molecule has 1 aliphatic rings. The molecular formula is C12H14N4. The molecule has 0 fully saturated rings. The Kier molecular flexibility index (Phi) is 2.22. The molecule has 0 radical (unpaired) electrons. The summed E-state index contributed by atoms with van der Waals surface area (Å²) in [4.78, 5) is 8.66. The first-order valence-corrected chi connectivity index (χ1v) is 5.59. The average Bonchev–Trinajstić information content (AvgIpc) is 2.91. The second-order valence-electron chi connectivity index (χ2n) is 4.02. The second kappa shape index (κ2) is 3.72. The van der Waals surface area contributed by atoms with Crippen LogP contribution in [0.2, 0.25) is 0 Å². The number of aromatic nitrogens is 3. The lowest BCUT2D eigenvalue weighted by atomic mass is 10.1. The predicted molar refractivity (Wildman–Crippen MR) is 61.7 cm³/mol. The fourth-order valence-electron chi connectivity index (χ4n) is 2.36. The summed E-state index contributed by atoms with van der Waals surface area (Å²) in [6.45, 7) is 1.57. The van der Waals surface area contributed by atoms with Crippen LogP contribution in [0.15, 0.2) is 24.5 Å². The van der Waals surface area contributed by atoms with Crippen LogP contribution in [0, 0.1) is 0 Å². The number of nitrogens with two attached hydrogens (primary N) is 1. The topological polar surface area (TPSA) is 56.7 Å². The number of pyridine rings is 1. The lowest BCUT2D eigenvalue weighted by Gasteiger charge is -1.99. The monoisotopic (exact) mass is 214 g/mol. The fraction of sp³-hybridized carbons (Fsp3) is 0.333. The number of hydrogen-bond donors (Lipinski definition) is 1. The lowest BCUT2D eigenvalue weighted by molar-refractivity contribution is 0.689. The van der Waals surface area contributed by atoms with Crippen molar-refractivity contribution in [3.8, 4) is 11.3 Å². The molecule has 3 heterocycles. The number of nitrogens with zero attached hydrogens (tertiary/aromatic N) is 3. The largest absolute Gasteiger partial charge is 0.330 e. The molecule has 0 saturated carbocycles. The average molecular weight is 214 g/mol. The van der Waals surface area contributed by atoms with E-state index in [1.54, 1.807) is 12.4 Å². The summed E-state index contributed by atoms with van der Waals surface area (Å²) in [5.41, 5.74) is 9.27. The highest BCUT2D eigenvalue weighted by Crippen LogP contribution is 2.28. The van der Waals surface area contributed by atoms with Gasteiger partial charge in [-0.05, 0) is 25.0 Å². The maximum absolute atomic E-state index is 5.72. The Balaban J connectivity index is 2.15. The summed E-state index contributed by atoms with van der Waals surface area (Å²) in [5.74, 6) is 0.999. The van der Waals surface area contributed by atoms with Crippen LogP contribution in [-0.4, -0.2) is 14.5 Å². The zero-order valence-electron chi connectivity index (χ0n) is 9.06. The third-order valence-corrected chi connectivity index (χ3v) is 3.08. The Hall–Kier alpha value is -1.68. The van der Waals surface area contributed by atoms with Gasteiger partial charge in [0.1, 0.15) is 5.82 Å². The highest BCUT2D eigenvalue weighted by atomic mass is 15.1. The molecular weight excluding hydrogens is 200 g/mol. The standard InChI is InChI=1S/C12H14N4/c13-8-11-15-12(9-3-5-14-6-4-9)10-2-1-7-16(10)11/h3-6H,1-2,7-8,13H2. The maximum Gasteiger partial charge on any atom is 0.123 e. The first kappa shape index (κ1) is 9.54. The molecule has 2 aromatic heterocycles. The number of fused-ring (bicyclic) bond motifs is 1. The Labute approximate surface area is 94.1 Å². The lowest BCUT2D eigenvalue weighted by Crippen LogP contribution is -2.06. The summed E-state index contributed by atoms with van der Waals surface area (Å²) in [7, 11) is 0. The number of imidazole rings is 1. The van der Waals surface area contributed by atoms with Crippen molar-refractivity contribution in [2.24, 2.45) is 5.73 Å². The van der Waals surface area contributed by atoms with Gasteiger partial charge < -0.3 is 10.3 Å². The van der Waals surface area contributed by atoms with Crippen LogP contribution >= 0.6 is 0 Å². The first-order valence-electron chi connectivity index (χ1n) is 5.59. The molecule has 3 rings (SSSR count). The van der Waals surface area contributed by atoms with Gasteiger partial charge in [-0.2, -0.15) is 0 Å². The van der Waals surface area contributed by atoms with Crippen LogP contribution in [-0.2, 0) is 19.5 Å². The first-order chi connectivity index (χ1) is 7.90. The van der Waals surface area contributed by atoms with Crippen LogP contribution in [0.5, 0.6) is 0 Å². The molecule has 82 valence electrons. The summed E-state index contributed by atoms with van der Waals surface area (Å²) >= 11 is 0. The Morgan fingerprint density at radius 3 is 2.88 bits per heavy atom. The van der Waals surface area contributed by atoms with Crippen LogP contribution in [0.4, 0.5) is 0 Å². The van der Waals surface area contributed by atoms with Gasteiger partial charge in [-0.15, -0.1) is 0 Å². The molecule has 0 aromatic carbocycles. The van der Waals surface area contributed by atoms with Crippen LogP contribution < -0.4 is 5.73 Å². The summed E-state index contributed by atoms with van der Waals surface area (Å²) in [6, 6.07) is 4.00. The zero-order chi connectivity index (χ0) is 11.0. The van der Waals surface area contributed by atoms with Crippen molar-refractivity contribution in [1.82, 2.24) is 14.5 Å². The van der Waals surface area contributed by atoms with E-state index in [9.17, 15) is 0 Å². The molecule has 0 amide bonds. The molecule has 2 N–H and O–H groups in total. The molecule has 1 aliphatic heterocycles. The minimum Gasteiger partial charge on any atom is -0.330 e. The Morgan fingerprint density at radius 1 is 1.31 bits per heavy atom. The van der Waals surface area contributed by atoms with Crippen molar-refractivity contribution in [1.29, 1.82) is 0 Å². The molecule has 0 saturated heterocycles. The summed E-state index contributed by atoms with van der Waals surface area (Å²) < 4.78 is 2.26. The van der Waals surface area contributed by atoms with E-state index in [0.29, 0.717) is 6.54 Å². The molecule has 0 spiro atoms. The van der Waals surface area contributed by atoms with E-state index < -0.39 is 0 Å². The molecule has 0 unspecified atom stereocenters. The SMILES string of the molecule is NCc1nc(-c2ccncc2)c2n1CCC2. The van der Waals surface area contributed by atoms with Crippen molar-refractivity contribution in [3.63, 3.8) is 0 Å². The van der Waals surface area contributed by atoms with Gasteiger partial charge in [-0.1, -0.05) is 0 Å². The van der Waals surface area contributed by atoms with Gasteiger partial charge in [0.15, 0.2) is 0 Å². The molecule has 0 bridgehead atoms. The van der Waals surface area contributed by atoms with Gasteiger partial charge in [0, 0.05) is 30.2 Å². The van der Waals surface area contributed by atoms with Gasteiger partial charge in [-0.25, -0.2) is 4.98 Å². The van der Waals surface area contributed by atoms with E-state index in [1.165, 1.54) is 12.1 Å². The van der Waals surface area contributed by atoms with Gasteiger partial charge in [0.05, 0.1) is 12.2 Å². The smallest absolute Gasteiger partial charge is 0.123 e. The van der Waals surface area contributed by atoms with E-state index in [4.69, 9.17) is 5.73 Å². The fourth-order valence-corrected chi connectivity index (χ4v) is 2.36. The summed E-state index contributed by atoms with van der Waals surface area (Å²) in [5, 5.41) is 0. The minimum absolute atomic E-state index is 0.512. The molecule has 16 heavy (non-hydrogen) atoms. The quantitative estimate of drug-likeness (QED) is 0.821. The Bertz CT molecular complexity index is 501. The van der Waals surface area contributed by atoms with E-state index in [-0.39, 0.29) is 0 Å². The molecule has 4 heteroatoms. The van der Waals surface area contributed by atoms with Crippen molar-refractivity contribution in [3.05, 3.63) is 36.0 Å².